The highest BCUT2D eigenvalue weighted by molar-refractivity contribution is 7.09. The van der Waals surface area contributed by atoms with Crippen LogP contribution in [0.25, 0.3) is 0 Å². The minimum atomic E-state index is 0.650. The third kappa shape index (κ3) is 4.48. The molecule has 0 spiro atoms. The highest BCUT2D eigenvalue weighted by Gasteiger charge is 2.02. The molecule has 2 rings (SSSR count). The summed E-state index contributed by atoms with van der Waals surface area (Å²) in [4.78, 5) is 1.33. The Hall–Kier alpha value is -1.68. The number of ether oxygens (including phenoxy) is 2. The van der Waals surface area contributed by atoms with Crippen LogP contribution in [0.3, 0.4) is 0 Å². The van der Waals surface area contributed by atoms with Crippen molar-refractivity contribution < 1.29 is 9.47 Å². The Bertz CT molecular complexity index is 497. The van der Waals surface area contributed by atoms with Gasteiger partial charge in [0.15, 0.2) is 0 Å². The largest absolute Gasteiger partial charge is 0.493 e. The topological polar surface area (TPSA) is 44.5 Å². The first-order chi connectivity index (χ1) is 9.28. The maximum Gasteiger partial charge on any atom is 0.125 e. The monoisotopic (exact) mass is 277 g/mol. The van der Waals surface area contributed by atoms with Crippen molar-refractivity contribution in [3.05, 3.63) is 40.6 Å². The summed E-state index contributed by atoms with van der Waals surface area (Å²) in [6.45, 7) is 3.42. The van der Waals surface area contributed by atoms with Crippen molar-refractivity contribution >= 4 is 17.0 Å². The third-order valence-corrected chi connectivity index (χ3v) is 3.51. The van der Waals surface area contributed by atoms with Crippen LogP contribution in [0.5, 0.6) is 11.5 Å². The Kier molecular flexibility index (Phi) is 5.10. The van der Waals surface area contributed by atoms with E-state index in [9.17, 15) is 0 Å². The molecule has 19 heavy (non-hydrogen) atoms. The predicted molar refractivity (Wildman–Crippen MR) is 80.2 cm³/mol. The average Bonchev–Trinajstić information content (AvgIpc) is 2.89. The van der Waals surface area contributed by atoms with Gasteiger partial charge in [-0.3, -0.25) is 0 Å². The van der Waals surface area contributed by atoms with Crippen LogP contribution in [0.4, 0.5) is 5.69 Å². The fourth-order valence-corrected chi connectivity index (χ4v) is 2.39. The fourth-order valence-electron chi connectivity index (χ4n) is 1.70. The normalized spacial score (nSPS) is 10.4. The highest BCUT2D eigenvalue weighted by Crippen LogP contribution is 2.24. The second kappa shape index (κ2) is 7.04. The van der Waals surface area contributed by atoms with Gasteiger partial charge in [-0.05, 0) is 17.9 Å². The number of hydrogen-bond donors (Lipinski definition) is 1. The Balaban J connectivity index is 1.90. The molecule has 0 fully saturated rings. The van der Waals surface area contributed by atoms with Gasteiger partial charge in [0.2, 0.25) is 0 Å². The zero-order valence-electron chi connectivity index (χ0n) is 11.1. The highest BCUT2D eigenvalue weighted by atomic mass is 32.1. The Labute approximate surface area is 118 Å². The smallest absolute Gasteiger partial charge is 0.125 e. The summed E-state index contributed by atoms with van der Waals surface area (Å²) in [5, 5.41) is 2.08. The molecule has 0 radical (unpaired) electrons. The predicted octanol–water partition coefficient (Wildman–Crippen LogP) is 3.74. The van der Waals surface area contributed by atoms with Crippen LogP contribution in [0.2, 0.25) is 0 Å². The zero-order valence-corrected chi connectivity index (χ0v) is 11.9. The van der Waals surface area contributed by atoms with E-state index < -0.39 is 0 Å². The molecule has 0 saturated carbocycles. The molecule has 2 aromatic rings. The molecule has 0 atom stereocenters. The number of benzene rings is 1. The molecular formula is C15H19NO2S. The van der Waals surface area contributed by atoms with Crippen LogP contribution >= 0.6 is 11.3 Å². The summed E-state index contributed by atoms with van der Waals surface area (Å²) in [7, 11) is 0. The lowest BCUT2D eigenvalue weighted by Crippen LogP contribution is -2.02. The van der Waals surface area contributed by atoms with E-state index in [1.54, 1.807) is 11.3 Å². The maximum absolute atomic E-state index is 5.84. The van der Waals surface area contributed by atoms with Gasteiger partial charge in [-0.15, -0.1) is 11.3 Å². The first-order valence-corrected chi connectivity index (χ1v) is 7.34. The average molecular weight is 277 g/mol. The van der Waals surface area contributed by atoms with E-state index in [0.29, 0.717) is 18.9 Å². The molecule has 3 nitrogen and oxygen atoms in total. The lowest BCUT2D eigenvalue weighted by molar-refractivity contribution is 0.304. The zero-order chi connectivity index (χ0) is 13.5. The number of rotatable bonds is 7. The van der Waals surface area contributed by atoms with Crippen molar-refractivity contribution in [2.75, 3.05) is 18.9 Å². The van der Waals surface area contributed by atoms with Crippen molar-refractivity contribution in [2.45, 2.75) is 19.8 Å². The summed E-state index contributed by atoms with van der Waals surface area (Å²) in [5.74, 6) is 1.54. The van der Waals surface area contributed by atoms with E-state index in [4.69, 9.17) is 15.2 Å². The molecule has 0 aliphatic heterocycles. The first-order valence-electron chi connectivity index (χ1n) is 6.46. The van der Waals surface area contributed by atoms with Gasteiger partial charge in [-0.25, -0.2) is 0 Å². The minimum Gasteiger partial charge on any atom is -0.493 e. The lowest BCUT2D eigenvalue weighted by Gasteiger charge is -2.10. The Morgan fingerprint density at radius 1 is 1.11 bits per heavy atom. The molecule has 1 aromatic heterocycles. The second-order valence-electron chi connectivity index (χ2n) is 4.26. The molecule has 1 heterocycles. The molecule has 0 bridgehead atoms. The Morgan fingerprint density at radius 3 is 2.47 bits per heavy atom. The van der Waals surface area contributed by atoms with Crippen LogP contribution in [0.1, 0.15) is 18.2 Å². The van der Waals surface area contributed by atoms with E-state index in [1.807, 2.05) is 18.2 Å². The second-order valence-corrected chi connectivity index (χ2v) is 5.30. The van der Waals surface area contributed by atoms with Crippen molar-refractivity contribution in [1.82, 2.24) is 0 Å². The summed E-state index contributed by atoms with van der Waals surface area (Å²) in [5.41, 5.74) is 6.51. The van der Waals surface area contributed by atoms with Gasteiger partial charge in [0.25, 0.3) is 0 Å². The van der Waals surface area contributed by atoms with E-state index in [-0.39, 0.29) is 0 Å². The third-order valence-electron chi connectivity index (χ3n) is 2.57. The van der Waals surface area contributed by atoms with Crippen molar-refractivity contribution in [3.8, 4) is 11.5 Å². The molecule has 102 valence electrons. The quantitative estimate of drug-likeness (QED) is 0.784. The maximum atomic E-state index is 5.84. The van der Waals surface area contributed by atoms with Crippen LogP contribution in [-0.2, 0) is 6.42 Å². The van der Waals surface area contributed by atoms with E-state index in [1.165, 1.54) is 4.88 Å². The molecule has 1 aromatic carbocycles. The molecular weight excluding hydrogens is 258 g/mol. The minimum absolute atomic E-state index is 0.650. The van der Waals surface area contributed by atoms with E-state index in [0.717, 1.165) is 24.3 Å². The standard InChI is InChI=1S/C15H19NO2S/c1-2-6-17-13-9-12(16)10-14(11-13)18-7-5-15-4-3-8-19-15/h3-4,8-11H,2,5-7,16H2,1H3. The molecule has 0 aliphatic rings. The first kappa shape index (κ1) is 13.7. The van der Waals surface area contributed by atoms with Crippen LogP contribution in [0, 0.1) is 0 Å². The van der Waals surface area contributed by atoms with Crippen LogP contribution in [0.15, 0.2) is 35.7 Å². The van der Waals surface area contributed by atoms with Gasteiger partial charge in [0.05, 0.1) is 13.2 Å². The number of nitrogens with two attached hydrogens (primary N) is 1. The van der Waals surface area contributed by atoms with Gasteiger partial charge < -0.3 is 15.2 Å². The van der Waals surface area contributed by atoms with Crippen molar-refractivity contribution in [1.29, 1.82) is 0 Å². The molecule has 2 N–H and O–H groups in total. The summed E-state index contributed by atoms with van der Waals surface area (Å²) in [6.07, 6.45) is 1.89. The molecule has 4 heteroatoms. The van der Waals surface area contributed by atoms with Gasteiger partial charge in [-0.2, -0.15) is 0 Å². The van der Waals surface area contributed by atoms with Gasteiger partial charge in [0.1, 0.15) is 11.5 Å². The summed E-state index contributed by atoms with van der Waals surface area (Å²) >= 11 is 1.75. The number of nitrogen functional groups attached to an aromatic ring is 1. The summed E-state index contributed by atoms with van der Waals surface area (Å²) < 4.78 is 11.3. The molecule has 0 amide bonds. The number of anilines is 1. The fraction of sp³-hybridized carbons (Fsp3) is 0.333. The van der Waals surface area contributed by atoms with Gasteiger partial charge >= 0.3 is 0 Å². The number of hydrogen-bond acceptors (Lipinski definition) is 4. The SMILES string of the molecule is CCCOc1cc(N)cc(OCCc2cccs2)c1. The van der Waals surface area contributed by atoms with Gasteiger partial charge in [-0.1, -0.05) is 13.0 Å². The van der Waals surface area contributed by atoms with Gasteiger partial charge in [0, 0.05) is 35.2 Å². The van der Waals surface area contributed by atoms with E-state index in [2.05, 4.69) is 24.4 Å². The lowest BCUT2D eigenvalue weighted by atomic mass is 10.3. The van der Waals surface area contributed by atoms with Crippen molar-refractivity contribution in [2.24, 2.45) is 0 Å². The number of thiophene rings is 1. The molecule has 0 unspecified atom stereocenters. The van der Waals surface area contributed by atoms with Crippen LogP contribution < -0.4 is 15.2 Å². The Morgan fingerprint density at radius 2 is 1.84 bits per heavy atom. The van der Waals surface area contributed by atoms with E-state index >= 15 is 0 Å². The van der Waals surface area contributed by atoms with Crippen molar-refractivity contribution in [3.63, 3.8) is 0 Å². The van der Waals surface area contributed by atoms with Crippen LogP contribution in [-0.4, -0.2) is 13.2 Å². The molecule has 0 saturated heterocycles. The molecule has 0 aliphatic carbocycles. The summed E-state index contributed by atoms with van der Waals surface area (Å²) in [6, 6.07) is 9.70.